The molecule has 0 aromatic rings. The van der Waals surface area contributed by atoms with Crippen molar-refractivity contribution in [1.29, 1.82) is 0 Å². The zero-order valence-corrected chi connectivity index (χ0v) is 8.25. The third kappa shape index (κ3) is 1.62. The quantitative estimate of drug-likeness (QED) is 0.609. The second kappa shape index (κ2) is 3.52. The predicted molar refractivity (Wildman–Crippen MR) is 52.1 cm³/mol. The van der Waals surface area contributed by atoms with Gasteiger partial charge in [-0.25, -0.2) is 0 Å². The van der Waals surface area contributed by atoms with Gasteiger partial charge in [-0.05, 0) is 25.7 Å². The zero-order chi connectivity index (χ0) is 9.26. The molecule has 0 N–H and O–H groups in total. The molecular formula is C11H17NO. The number of rotatable bonds is 3. The molecule has 0 spiro atoms. The lowest BCUT2D eigenvalue weighted by Crippen LogP contribution is -2.50. The zero-order valence-electron chi connectivity index (χ0n) is 8.25. The Labute approximate surface area is 79.6 Å². The molecule has 2 heteroatoms. The molecule has 13 heavy (non-hydrogen) atoms. The normalized spacial score (nSPS) is 26.5. The summed E-state index contributed by atoms with van der Waals surface area (Å²) in [5.74, 6) is 0.318. The summed E-state index contributed by atoms with van der Waals surface area (Å²) in [6, 6.07) is 0.554. The van der Waals surface area contributed by atoms with Crippen molar-refractivity contribution in [2.75, 3.05) is 0 Å². The Bertz CT molecular complexity index is 244. The van der Waals surface area contributed by atoms with E-state index in [1.165, 1.54) is 37.7 Å². The molecule has 0 saturated carbocycles. The maximum absolute atomic E-state index is 11.2. The molecule has 0 unspecified atom stereocenters. The summed E-state index contributed by atoms with van der Waals surface area (Å²) in [5, 5.41) is 0. The van der Waals surface area contributed by atoms with Gasteiger partial charge >= 0.3 is 0 Å². The number of allylic oxidation sites excluding steroid dienone is 1. The Balaban J connectivity index is 1.93. The maximum atomic E-state index is 11.2. The van der Waals surface area contributed by atoms with Crippen LogP contribution in [0.3, 0.4) is 0 Å². The minimum atomic E-state index is 0.318. The van der Waals surface area contributed by atoms with E-state index in [4.69, 9.17) is 0 Å². The molecule has 0 aromatic carbocycles. The first kappa shape index (κ1) is 8.79. The van der Waals surface area contributed by atoms with E-state index < -0.39 is 0 Å². The lowest BCUT2D eigenvalue weighted by Gasteiger charge is -2.41. The van der Waals surface area contributed by atoms with Gasteiger partial charge in [0.1, 0.15) is 0 Å². The van der Waals surface area contributed by atoms with Gasteiger partial charge in [0.15, 0.2) is 0 Å². The van der Waals surface area contributed by atoms with E-state index in [0.29, 0.717) is 11.9 Å². The average Bonchev–Trinajstić information content (AvgIpc) is 2.14. The Morgan fingerprint density at radius 2 is 2.46 bits per heavy atom. The highest BCUT2D eigenvalue weighted by molar-refractivity contribution is 5.84. The van der Waals surface area contributed by atoms with E-state index in [9.17, 15) is 4.79 Å². The van der Waals surface area contributed by atoms with E-state index in [-0.39, 0.29) is 0 Å². The second-order valence-electron chi connectivity index (χ2n) is 4.09. The van der Waals surface area contributed by atoms with Gasteiger partial charge in [0.2, 0.25) is 5.91 Å². The van der Waals surface area contributed by atoms with Crippen LogP contribution in [0.15, 0.2) is 11.8 Å². The molecule has 2 heterocycles. The summed E-state index contributed by atoms with van der Waals surface area (Å²) in [4.78, 5) is 13.1. The summed E-state index contributed by atoms with van der Waals surface area (Å²) >= 11 is 0. The minimum Gasteiger partial charge on any atom is -0.315 e. The highest BCUT2D eigenvalue weighted by Gasteiger charge is 2.36. The summed E-state index contributed by atoms with van der Waals surface area (Å²) in [5.41, 5.74) is 1.48. The summed E-state index contributed by atoms with van der Waals surface area (Å²) in [6.45, 7) is 2.21. The maximum Gasteiger partial charge on any atom is 0.228 e. The van der Waals surface area contributed by atoms with E-state index >= 15 is 0 Å². The lowest BCUT2D eigenvalue weighted by atomic mass is 9.89. The Kier molecular flexibility index (Phi) is 2.38. The van der Waals surface area contributed by atoms with Gasteiger partial charge < -0.3 is 4.90 Å². The van der Waals surface area contributed by atoms with Crippen LogP contribution in [-0.4, -0.2) is 16.8 Å². The van der Waals surface area contributed by atoms with Crippen molar-refractivity contribution in [1.82, 2.24) is 4.90 Å². The number of hydrogen-bond acceptors (Lipinski definition) is 1. The van der Waals surface area contributed by atoms with Crippen LogP contribution in [0.5, 0.6) is 0 Å². The monoisotopic (exact) mass is 179 g/mol. The highest BCUT2D eigenvalue weighted by atomic mass is 16.2. The van der Waals surface area contributed by atoms with E-state index in [2.05, 4.69) is 13.1 Å². The predicted octanol–water partition coefficient (Wildman–Crippen LogP) is 2.46. The van der Waals surface area contributed by atoms with Crippen molar-refractivity contribution in [3.8, 4) is 0 Å². The molecule has 1 atom stereocenters. The van der Waals surface area contributed by atoms with Gasteiger partial charge in [-0.2, -0.15) is 0 Å². The van der Waals surface area contributed by atoms with Gasteiger partial charge in [-0.15, -0.1) is 0 Å². The van der Waals surface area contributed by atoms with Crippen molar-refractivity contribution >= 4 is 5.91 Å². The van der Waals surface area contributed by atoms with Crippen molar-refractivity contribution in [3.63, 3.8) is 0 Å². The van der Waals surface area contributed by atoms with E-state index in [1.807, 2.05) is 4.90 Å². The van der Waals surface area contributed by atoms with Crippen molar-refractivity contribution in [3.05, 3.63) is 11.8 Å². The van der Waals surface area contributed by atoms with Crippen molar-refractivity contribution in [2.24, 2.45) is 0 Å². The smallest absolute Gasteiger partial charge is 0.228 e. The van der Waals surface area contributed by atoms with Crippen LogP contribution in [-0.2, 0) is 4.79 Å². The number of β-lactam (4-membered cyclic amide) rings is 1. The number of unbranched alkanes of at least 4 members (excludes halogenated alkanes) is 1. The largest absolute Gasteiger partial charge is 0.315 e. The molecule has 2 aliphatic rings. The molecule has 0 bridgehead atoms. The molecule has 2 aliphatic heterocycles. The molecule has 1 saturated heterocycles. The number of carbonyl (C=O) groups excluding carboxylic acids is 1. The van der Waals surface area contributed by atoms with Gasteiger partial charge in [0.25, 0.3) is 0 Å². The van der Waals surface area contributed by atoms with E-state index in [0.717, 1.165) is 6.42 Å². The first-order valence-electron chi connectivity index (χ1n) is 5.32. The SMILES string of the molecule is CCCCC1=CN2C(=O)C[C@H]2CC1. The fraction of sp³-hybridized carbons (Fsp3) is 0.727. The summed E-state index contributed by atoms with van der Waals surface area (Å²) < 4.78 is 0. The number of fused-ring (bicyclic) bond motifs is 1. The number of amides is 1. The molecule has 0 radical (unpaired) electrons. The van der Waals surface area contributed by atoms with Gasteiger partial charge in [0, 0.05) is 18.7 Å². The molecule has 1 fully saturated rings. The van der Waals surface area contributed by atoms with Crippen LogP contribution >= 0.6 is 0 Å². The number of hydrogen-bond donors (Lipinski definition) is 0. The van der Waals surface area contributed by atoms with Gasteiger partial charge in [-0.3, -0.25) is 4.79 Å². The van der Waals surface area contributed by atoms with Crippen molar-refractivity contribution in [2.45, 2.75) is 51.5 Å². The highest BCUT2D eigenvalue weighted by Crippen LogP contribution is 2.32. The fourth-order valence-electron chi connectivity index (χ4n) is 2.12. The first-order valence-corrected chi connectivity index (χ1v) is 5.32. The molecule has 2 rings (SSSR count). The van der Waals surface area contributed by atoms with Crippen LogP contribution in [0.4, 0.5) is 0 Å². The summed E-state index contributed by atoms with van der Waals surface area (Å²) in [7, 11) is 0. The lowest BCUT2D eigenvalue weighted by molar-refractivity contribution is -0.142. The molecule has 1 amide bonds. The van der Waals surface area contributed by atoms with Crippen LogP contribution in [0.1, 0.15) is 45.4 Å². The standard InChI is InChI=1S/C11H17NO/c1-2-3-4-9-5-6-10-7-11(13)12(10)8-9/h8,10H,2-7H2,1H3/t10-/m1/s1. The second-order valence-corrected chi connectivity index (χ2v) is 4.09. The Morgan fingerprint density at radius 3 is 3.15 bits per heavy atom. The van der Waals surface area contributed by atoms with Crippen LogP contribution in [0.2, 0.25) is 0 Å². The fourth-order valence-corrected chi connectivity index (χ4v) is 2.12. The molecular weight excluding hydrogens is 162 g/mol. The first-order chi connectivity index (χ1) is 6.31. The third-order valence-corrected chi connectivity index (χ3v) is 3.06. The number of nitrogens with zero attached hydrogens (tertiary/aromatic N) is 1. The van der Waals surface area contributed by atoms with Gasteiger partial charge in [0.05, 0.1) is 0 Å². The third-order valence-electron chi connectivity index (χ3n) is 3.06. The number of carbonyl (C=O) groups is 1. The molecule has 2 nitrogen and oxygen atoms in total. The molecule has 72 valence electrons. The molecule has 0 aliphatic carbocycles. The van der Waals surface area contributed by atoms with Crippen LogP contribution in [0.25, 0.3) is 0 Å². The minimum absolute atomic E-state index is 0.318. The average molecular weight is 179 g/mol. The topological polar surface area (TPSA) is 20.3 Å². The molecule has 0 aromatic heterocycles. The van der Waals surface area contributed by atoms with Crippen LogP contribution in [0, 0.1) is 0 Å². The van der Waals surface area contributed by atoms with Gasteiger partial charge in [-0.1, -0.05) is 18.9 Å². The summed E-state index contributed by atoms with van der Waals surface area (Å²) in [6.07, 6.45) is 9.00. The van der Waals surface area contributed by atoms with Crippen molar-refractivity contribution < 1.29 is 4.79 Å². The Morgan fingerprint density at radius 1 is 1.62 bits per heavy atom. The van der Waals surface area contributed by atoms with Crippen LogP contribution < -0.4 is 0 Å². The Hall–Kier alpha value is -0.790. The van der Waals surface area contributed by atoms with E-state index in [1.54, 1.807) is 0 Å².